The summed E-state index contributed by atoms with van der Waals surface area (Å²) in [6.45, 7) is 1.58. The number of benzene rings is 1. The van der Waals surface area contributed by atoms with E-state index in [9.17, 15) is 4.79 Å². The third-order valence-electron chi connectivity index (χ3n) is 6.75. The Kier molecular flexibility index (Phi) is 3.15. The summed E-state index contributed by atoms with van der Waals surface area (Å²) < 4.78 is 8.11. The first kappa shape index (κ1) is 15.5. The van der Waals surface area contributed by atoms with Gasteiger partial charge in [-0.05, 0) is 43.5 Å². The Morgan fingerprint density at radius 2 is 1.96 bits per heavy atom. The van der Waals surface area contributed by atoms with Gasteiger partial charge in [0.2, 0.25) is 5.91 Å². The zero-order valence-electron chi connectivity index (χ0n) is 15.2. The van der Waals surface area contributed by atoms with E-state index in [2.05, 4.69) is 69.5 Å². The summed E-state index contributed by atoms with van der Waals surface area (Å²) in [5.41, 5.74) is 3.58. The number of para-hydroxylation sites is 2. The van der Waals surface area contributed by atoms with E-state index in [4.69, 9.17) is 4.74 Å². The van der Waals surface area contributed by atoms with Gasteiger partial charge in [-0.25, -0.2) is 0 Å². The number of nitrogens with one attached hydrogen (secondary N) is 1. The lowest BCUT2D eigenvalue weighted by Crippen LogP contribution is -2.52. The van der Waals surface area contributed by atoms with Crippen LogP contribution in [-0.4, -0.2) is 40.7 Å². The lowest BCUT2D eigenvalue weighted by atomic mass is 9.81. The Morgan fingerprint density at radius 3 is 2.74 bits per heavy atom. The molecule has 3 unspecified atom stereocenters. The Morgan fingerprint density at radius 1 is 1.11 bits per heavy atom. The van der Waals surface area contributed by atoms with E-state index in [1.807, 2.05) is 0 Å². The number of likely N-dealkylation sites (tertiary alicyclic amines) is 1. The molecule has 3 atom stereocenters. The van der Waals surface area contributed by atoms with Crippen molar-refractivity contribution >= 4 is 11.6 Å². The van der Waals surface area contributed by atoms with E-state index in [1.54, 1.807) is 0 Å². The van der Waals surface area contributed by atoms with E-state index in [0.717, 1.165) is 32.4 Å². The Hall–Kier alpha value is -2.53. The summed E-state index contributed by atoms with van der Waals surface area (Å²) in [6.07, 6.45) is 9.15. The molecule has 4 aliphatic rings. The monoisotopic (exact) mass is 361 g/mol. The molecule has 1 aromatic carbocycles. The molecule has 1 aromatic heterocycles. The van der Waals surface area contributed by atoms with Gasteiger partial charge in [0.15, 0.2) is 0 Å². The molecular formula is C22H23N3O2. The minimum Gasteiger partial charge on any atom is -0.372 e. The first-order valence-electron chi connectivity index (χ1n) is 9.92. The van der Waals surface area contributed by atoms with E-state index in [0.29, 0.717) is 0 Å². The van der Waals surface area contributed by atoms with Crippen LogP contribution in [0, 0.1) is 5.92 Å². The molecule has 1 amide bonds. The summed E-state index contributed by atoms with van der Waals surface area (Å²) in [4.78, 5) is 15.1. The fourth-order valence-electron chi connectivity index (χ4n) is 5.33. The van der Waals surface area contributed by atoms with Crippen LogP contribution in [0.5, 0.6) is 0 Å². The maximum absolute atomic E-state index is 13.0. The number of carbonyl (C=O) groups is 1. The van der Waals surface area contributed by atoms with E-state index in [1.165, 1.54) is 17.1 Å². The lowest BCUT2D eigenvalue weighted by molar-refractivity contribution is -0.138. The number of fused-ring (bicyclic) bond motifs is 6. The highest BCUT2D eigenvalue weighted by molar-refractivity contribution is 5.81. The average molecular weight is 361 g/mol. The number of rotatable bonds is 1. The first-order chi connectivity index (χ1) is 13.2. The van der Waals surface area contributed by atoms with Gasteiger partial charge in [-0.3, -0.25) is 4.79 Å². The Labute approximate surface area is 158 Å². The van der Waals surface area contributed by atoms with Crippen molar-refractivity contribution in [2.45, 2.75) is 37.0 Å². The largest absolute Gasteiger partial charge is 0.372 e. The third-order valence-corrected chi connectivity index (χ3v) is 6.75. The van der Waals surface area contributed by atoms with Gasteiger partial charge in [0.1, 0.15) is 0 Å². The highest BCUT2D eigenvalue weighted by Gasteiger charge is 2.46. The number of nitrogens with zero attached hydrogens (tertiary/aromatic N) is 2. The topological polar surface area (TPSA) is 46.5 Å². The molecule has 27 heavy (non-hydrogen) atoms. The van der Waals surface area contributed by atoms with Gasteiger partial charge in [-0.2, -0.15) is 0 Å². The fourth-order valence-corrected chi connectivity index (χ4v) is 5.33. The second-order valence-electron chi connectivity index (χ2n) is 8.18. The van der Waals surface area contributed by atoms with Crippen LogP contribution in [0.2, 0.25) is 0 Å². The van der Waals surface area contributed by atoms with Crippen molar-refractivity contribution in [1.82, 2.24) is 9.47 Å². The second-order valence-corrected chi connectivity index (χ2v) is 8.18. The van der Waals surface area contributed by atoms with Gasteiger partial charge in [-0.1, -0.05) is 24.3 Å². The highest BCUT2D eigenvalue weighted by Crippen LogP contribution is 2.44. The van der Waals surface area contributed by atoms with Crippen molar-refractivity contribution in [3.05, 3.63) is 60.4 Å². The summed E-state index contributed by atoms with van der Waals surface area (Å²) in [7, 11) is 0. The number of piperidine rings is 1. The van der Waals surface area contributed by atoms with Crippen LogP contribution in [0.15, 0.2) is 54.7 Å². The van der Waals surface area contributed by atoms with Crippen LogP contribution in [0.4, 0.5) is 5.69 Å². The maximum atomic E-state index is 13.0. The molecule has 0 aliphatic carbocycles. The predicted molar refractivity (Wildman–Crippen MR) is 103 cm³/mol. The number of aromatic nitrogens is 1. The molecule has 5 heterocycles. The second kappa shape index (κ2) is 5.49. The van der Waals surface area contributed by atoms with E-state index >= 15 is 0 Å². The molecule has 2 saturated heterocycles. The number of amides is 1. The molecule has 1 spiro atoms. The SMILES string of the molecule is O=C(C1CC2C=CC1O2)N1CCC2(CC1)Nc1ccccc1-n1cccc12. The summed E-state index contributed by atoms with van der Waals surface area (Å²) >= 11 is 0. The van der Waals surface area contributed by atoms with Crippen LogP contribution in [0.1, 0.15) is 25.0 Å². The summed E-state index contributed by atoms with van der Waals surface area (Å²) in [6, 6.07) is 12.8. The highest BCUT2D eigenvalue weighted by atomic mass is 16.5. The van der Waals surface area contributed by atoms with Crippen molar-refractivity contribution in [2.24, 2.45) is 5.92 Å². The average Bonchev–Trinajstić information content (AvgIpc) is 3.45. The summed E-state index contributed by atoms with van der Waals surface area (Å²) in [5, 5.41) is 3.82. The smallest absolute Gasteiger partial charge is 0.228 e. The number of hydrogen-bond donors (Lipinski definition) is 1. The van der Waals surface area contributed by atoms with Crippen molar-refractivity contribution in [1.29, 1.82) is 0 Å². The normalized spacial score (nSPS) is 29.5. The quantitative estimate of drug-likeness (QED) is 0.794. The van der Waals surface area contributed by atoms with Crippen LogP contribution >= 0.6 is 0 Å². The molecule has 4 aliphatic heterocycles. The minimum atomic E-state index is -0.0975. The van der Waals surface area contributed by atoms with Crippen molar-refractivity contribution < 1.29 is 9.53 Å². The van der Waals surface area contributed by atoms with Gasteiger partial charge in [0.05, 0.1) is 35.0 Å². The molecule has 5 nitrogen and oxygen atoms in total. The Bertz CT molecular complexity index is 939. The van der Waals surface area contributed by atoms with Crippen LogP contribution in [0.3, 0.4) is 0 Å². The molecule has 5 heteroatoms. The molecule has 2 bridgehead atoms. The zero-order chi connectivity index (χ0) is 18.0. The number of carbonyl (C=O) groups excluding carboxylic acids is 1. The number of hydrogen-bond acceptors (Lipinski definition) is 3. The predicted octanol–water partition coefficient (Wildman–Crippen LogP) is 3.06. The van der Waals surface area contributed by atoms with Gasteiger partial charge < -0.3 is 19.5 Å². The van der Waals surface area contributed by atoms with E-state index < -0.39 is 0 Å². The van der Waals surface area contributed by atoms with Crippen molar-refractivity contribution in [3.63, 3.8) is 0 Å². The summed E-state index contributed by atoms with van der Waals surface area (Å²) in [5.74, 6) is 0.284. The molecule has 6 rings (SSSR count). The maximum Gasteiger partial charge on any atom is 0.228 e. The van der Waals surface area contributed by atoms with Gasteiger partial charge in [-0.15, -0.1) is 0 Å². The van der Waals surface area contributed by atoms with Crippen molar-refractivity contribution in [2.75, 3.05) is 18.4 Å². The number of ether oxygens (including phenoxy) is 1. The minimum absolute atomic E-state index is 0.00435. The van der Waals surface area contributed by atoms with Gasteiger partial charge >= 0.3 is 0 Å². The third kappa shape index (κ3) is 2.18. The molecule has 2 aromatic rings. The first-order valence-corrected chi connectivity index (χ1v) is 9.92. The Balaban J connectivity index is 1.25. The molecule has 2 fully saturated rings. The fraction of sp³-hybridized carbons (Fsp3) is 0.409. The van der Waals surface area contributed by atoms with Crippen LogP contribution < -0.4 is 5.32 Å². The van der Waals surface area contributed by atoms with Crippen molar-refractivity contribution in [3.8, 4) is 5.69 Å². The molecule has 138 valence electrons. The van der Waals surface area contributed by atoms with Gasteiger partial charge in [0, 0.05) is 25.0 Å². The van der Waals surface area contributed by atoms with Crippen LogP contribution in [-0.2, 0) is 15.1 Å². The molecule has 0 radical (unpaired) electrons. The van der Waals surface area contributed by atoms with Crippen LogP contribution in [0.25, 0.3) is 5.69 Å². The lowest BCUT2D eigenvalue weighted by Gasteiger charge is -2.46. The molecule has 0 saturated carbocycles. The van der Waals surface area contributed by atoms with Gasteiger partial charge in [0.25, 0.3) is 0 Å². The molecular weight excluding hydrogens is 338 g/mol. The molecule has 1 N–H and O–H groups in total. The number of anilines is 1. The zero-order valence-corrected chi connectivity index (χ0v) is 15.2. The van der Waals surface area contributed by atoms with E-state index in [-0.39, 0.29) is 29.6 Å². The standard InChI is InChI=1S/C22H23N3O2/c26-21(16-14-15-7-8-19(16)27-15)24-12-9-22(10-13-24)20-6-3-11-25(20)18-5-2-1-4-17(18)23-22/h1-8,11,15-16,19,23H,9-10,12-14H2.